The number of nitrogens with two attached hydrogens (primary N) is 1. The van der Waals surface area contributed by atoms with Crippen molar-refractivity contribution in [3.8, 4) is 5.75 Å². The van der Waals surface area contributed by atoms with Crippen molar-refractivity contribution in [3.63, 3.8) is 0 Å². The van der Waals surface area contributed by atoms with E-state index in [4.69, 9.17) is 10.5 Å². The average molecular weight is 319 g/mol. The Balaban J connectivity index is 2.12. The maximum atomic E-state index is 12.3. The largest absolute Gasteiger partial charge is 0.491 e. The molecule has 1 aromatic heterocycles. The fraction of sp³-hybridized carbons (Fsp3) is 0.375. The standard InChI is InChI=1S/C16H21N3O2S/c1-3-8-21-14-9-11(2)4-5-12(14)19-16(20)13-10-22-15(18-13)6-7-17/h4-5,9-10H,3,6-8,17H2,1-2H3,(H,19,20). The lowest BCUT2D eigenvalue weighted by Crippen LogP contribution is -2.14. The molecule has 0 atom stereocenters. The molecule has 118 valence electrons. The van der Waals surface area contributed by atoms with Gasteiger partial charge in [0.25, 0.3) is 5.91 Å². The fourth-order valence-electron chi connectivity index (χ4n) is 1.90. The molecule has 2 rings (SSSR count). The van der Waals surface area contributed by atoms with Gasteiger partial charge in [-0.3, -0.25) is 4.79 Å². The zero-order valence-electron chi connectivity index (χ0n) is 12.9. The third kappa shape index (κ3) is 4.29. The number of amides is 1. The van der Waals surface area contributed by atoms with Crippen LogP contribution in [-0.2, 0) is 6.42 Å². The number of hydrogen-bond donors (Lipinski definition) is 2. The molecule has 0 fully saturated rings. The third-order valence-corrected chi connectivity index (χ3v) is 3.90. The minimum Gasteiger partial charge on any atom is -0.491 e. The van der Waals surface area contributed by atoms with Crippen LogP contribution in [0, 0.1) is 6.92 Å². The van der Waals surface area contributed by atoms with Crippen molar-refractivity contribution >= 4 is 22.9 Å². The summed E-state index contributed by atoms with van der Waals surface area (Å²) in [4.78, 5) is 16.6. The Morgan fingerprint density at radius 3 is 3.00 bits per heavy atom. The highest BCUT2D eigenvalue weighted by Crippen LogP contribution is 2.26. The second-order valence-electron chi connectivity index (χ2n) is 4.97. The molecule has 0 spiro atoms. The van der Waals surface area contributed by atoms with Gasteiger partial charge in [-0.05, 0) is 37.6 Å². The van der Waals surface area contributed by atoms with Gasteiger partial charge in [0, 0.05) is 11.8 Å². The molecule has 1 aromatic carbocycles. The highest BCUT2D eigenvalue weighted by atomic mass is 32.1. The summed E-state index contributed by atoms with van der Waals surface area (Å²) < 4.78 is 5.70. The highest BCUT2D eigenvalue weighted by molar-refractivity contribution is 7.09. The Morgan fingerprint density at radius 1 is 1.45 bits per heavy atom. The second kappa shape index (κ2) is 7.91. The quantitative estimate of drug-likeness (QED) is 0.822. The molecule has 0 saturated carbocycles. The Labute approximate surface area is 134 Å². The van der Waals surface area contributed by atoms with Gasteiger partial charge in [-0.1, -0.05) is 13.0 Å². The molecule has 5 nitrogen and oxygen atoms in total. The summed E-state index contributed by atoms with van der Waals surface area (Å²) in [5.41, 5.74) is 7.66. The van der Waals surface area contributed by atoms with Gasteiger partial charge < -0.3 is 15.8 Å². The summed E-state index contributed by atoms with van der Waals surface area (Å²) in [7, 11) is 0. The molecular formula is C16H21N3O2S. The minimum absolute atomic E-state index is 0.232. The number of anilines is 1. The van der Waals surface area contributed by atoms with Crippen molar-refractivity contribution in [1.82, 2.24) is 4.98 Å². The lowest BCUT2D eigenvalue weighted by Gasteiger charge is -2.12. The van der Waals surface area contributed by atoms with Crippen molar-refractivity contribution < 1.29 is 9.53 Å². The topological polar surface area (TPSA) is 77.2 Å². The summed E-state index contributed by atoms with van der Waals surface area (Å²) in [5, 5.41) is 5.49. The van der Waals surface area contributed by atoms with E-state index in [1.165, 1.54) is 11.3 Å². The number of aryl methyl sites for hydroxylation is 1. The molecular weight excluding hydrogens is 298 g/mol. The molecule has 0 aliphatic heterocycles. The molecule has 0 aliphatic carbocycles. The summed E-state index contributed by atoms with van der Waals surface area (Å²) >= 11 is 1.45. The number of hydrogen-bond acceptors (Lipinski definition) is 5. The predicted molar refractivity (Wildman–Crippen MR) is 89.8 cm³/mol. The summed E-state index contributed by atoms with van der Waals surface area (Å²) in [6, 6.07) is 5.72. The molecule has 1 amide bonds. The monoisotopic (exact) mass is 319 g/mol. The summed E-state index contributed by atoms with van der Waals surface area (Å²) in [5.74, 6) is 0.456. The van der Waals surface area contributed by atoms with Crippen LogP contribution < -0.4 is 15.8 Å². The van der Waals surface area contributed by atoms with E-state index in [0.717, 1.165) is 17.0 Å². The maximum Gasteiger partial charge on any atom is 0.275 e. The zero-order valence-corrected chi connectivity index (χ0v) is 13.7. The van der Waals surface area contributed by atoms with Gasteiger partial charge in [-0.15, -0.1) is 11.3 Å². The smallest absolute Gasteiger partial charge is 0.275 e. The number of carbonyl (C=O) groups excluding carboxylic acids is 1. The number of aromatic nitrogens is 1. The molecule has 0 aliphatic rings. The SMILES string of the molecule is CCCOc1cc(C)ccc1NC(=O)c1csc(CCN)n1. The van der Waals surface area contributed by atoms with E-state index in [1.807, 2.05) is 32.0 Å². The minimum atomic E-state index is -0.232. The molecule has 22 heavy (non-hydrogen) atoms. The zero-order chi connectivity index (χ0) is 15.9. The predicted octanol–water partition coefficient (Wildman–Crippen LogP) is 2.99. The summed E-state index contributed by atoms with van der Waals surface area (Å²) in [6.45, 7) is 5.18. The summed E-state index contributed by atoms with van der Waals surface area (Å²) in [6.07, 6.45) is 1.60. The van der Waals surface area contributed by atoms with Crippen molar-refractivity contribution in [2.24, 2.45) is 5.73 Å². The van der Waals surface area contributed by atoms with Crippen molar-refractivity contribution in [2.75, 3.05) is 18.5 Å². The van der Waals surface area contributed by atoms with Gasteiger partial charge in [0.1, 0.15) is 11.4 Å². The first kappa shape index (κ1) is 16.5. The molecule has 2 aromatic rings. The van der Waals surface area contributed by atoms with Crippen LogP contribution in [0.15, 0.2) is 23.6 Å². The number of ether oxygens (including phenoxy) is 1. The molecule has 6 heteroatoms. The second-order valence-corrected chi connectivity index (χ2v) is 5.91. The van der Waals surface area contributed by atoms with Gasteiger partial charge in [0.2, 0.25) is 0 Å². The van der Waals surface area contributed by atoms with Gasteiger partial charge in [-0.25, -0.2) is 4.98 Å². The van der Waals surface area contributed by atoms with Crippen LogP contribution in [-0.4, -0.2) is 24.0 Å². The average Bonchev–Trinajstić information content (AvgIpc) is 2.96. The van der Waals surface area contributed by atoms with Crippen LogP contribution in [0.1, 0.15) is 34.4 Å². The number of nitrogens with one attached hydrogen (secondary N) is 1. The van der Waals surface area contributed by atoms with E-state index in [1.54, 1.807) is 5.38 Å². The van der Waals surface area contributed by atoms with Crippen LogP contribution in [0.3, 0.4) is 0 Å². The van der Waals surface area contributed by atoms with E-state index in [-0.39, 0.29) is 5.91 Å². The third-order valence-electron chi connectivity index (χ3n) is 2.99. The van der Waals surface area contributed by atoms with Gasteiger partial charge in [0.15, 0.2) is 0 Å². The van der Waals surface area contributed by atoms with Crippen LogP contribution >= 0.6 is 11.3 Å². The maximum absolute atomic E-state index is 12.3. The Morgan fingerprint density at radius 2 is 2.27 bits per heavy atom. The molecule has 0 unspecified atom stereocenters. The van der Waals surface area contributed by atoms with Gasteiger partial charge in [0.05, 0.1) is 17.3 Å². The van der Waals surface area contributed by atoms with E-state index < -0.39 is 0 Å². The van der Waals surface area contributed by atoms with E-state index in [0.29, 0.717) is 36.7 Å². The highest BCUT2D eigenvalue weighted by Gasteiger charge is 2.13. The number of rotatable bonds is 7. The van der Waals surface area contributed by atoms with Gasteiger partial charge >= 0.3 is 0 Å². The number of nitrogens with zero attached hydrogens (tertiary/aromatic N) is 1. The lowest BCUT2D eigenvalue weighted by molar-refractivity contribution is 0.102. The molecule has 0 radical (unpaired) electrons. The first-order valence-electron chi connectivity index (χ1n) is 7.33. The molecule has 0 saturated heterocycles. The first-order valence-corrected chi connectivity index (χ1v) is 8.21. The Kier molecular flexibility index (Phi) is 5.91. The Hall–Kier alpha value is -1.92. The van der Waals surface area contributed by atoms with Crippen molar-refractivity contribution in [1.29, 1.82) is 0 Å². The van der Waals surface area contributed by atoms with E-state index >= 15 is 0 Å². The fourth-order valence-corrected chi connectivity index (χ4v) is 2.70. The van der Waals surface area contributed by atoms with Crippen LogP contribution in [0.5, 0.6) is 5.75 Å². The van der Waals surface area contributed by atoms with E-state index in [2.05, 4.69) is 10.3 Å². The van der Waals surface area contributed by atoms with Crippen LogP contribution in [0.2, 0.25) is 0 Å². The molecule has 3 N–H and O–H groups in total. The first-order chi connectivity index (χ1) is 10.6. The van der Waals surface area contributed by atoms with Crippen molar-refractivity contribution in [3.05, 3.63) is 39.8 Å². The number of carbonyl (C=O) groups is 1. The van der Waals surface area contributed by atoms with Gasteiger partial charge in [-0.2, -0.15) is 0 Å². The number of benzene rings is 1. The normalized spacial score (nSPS) is 10.5. The Bertz CT molecular complexity index is 640. The number of thiazole rings is 1. The molecule has 0 bridgehead atoms. The van der Waals surface area contributed by atoms with Crippen molar-refractivity contribution in [2.45, 2.75) is 26.7 Å². The van der Waals surface area contributed by atoms with Crippen LogP contribution in [0.25, 0.3) is 0 Å². The van der Waals surface area contributed by atoms with E-state index in [9.17, 15) is 4.79 Å². The lowest BCUT2D eigenvalue weighted by atomic mass is 10.2. The molecule has 1 heterocycles. The van der Waals surface area contributed by atoms with Crippen LogP contribution in [0.4, 0.5) is 5.69 Å².